The van der Waals surface area contributed by atoms with Gasteiger partial charge in [0.25, 0.3) is 11.1 Å². The quantitative estimate of drug-likeness (QED) is 0.0129. The Kier molecular flexibility index (Phi) is 47.3. The first-order valence-electron chi connectivity index (χ1n) is 38.5. The molecule has 4 aromatic heterocycles. The Morgan fingerprint density at radius 3 is 1.27 bits per heavy atom. The van der Waals surface area contributed by atoms with E-state index >= 15 is 0 Å². The first kappa shape index (κ1) is 112. The molecular formula is C66H98FN11O40P6S4. The van der Waals surface area contributed by atoms with Gasteiger partial charge in [0.15, 0.2) is 11.3 Å². The van der Waals surface area contributed by atoms with E-state index in [-0.39, 0.29) is 145 Å². The highest BCUT2D eigenvalue weighted by Gasteiger charge is 2.46. The summed E-state index contributed by atoms with van der Waals surface area (Å²) in [6.45, 7) is -0.0368. The van der Waals surface area contributed by atoms with E-state index < -0.39 is 182 Å². The maximum absolute atomic E-state index is 12.9. The highest BCUT2D eigenvalue weighted by atomic mass is 33.1. The average molecular weight is 2020 g/mol. The number of carbonyl (C=O) groups is 10. The number of ketones is 4. The number of rotatable bonds is 56. The number of anilines is 2. The fourth-order valence-corrected chi connectivity index (χ4v) is 22.1. The molecule has 14 unspecified atom stereocenters. The Morgan fingerprint density at radius 2 is 0.914 bits per heavy atom. The number of aromatic amines is 2. The van der Waals surface area contributed by atoms with Crippen molar-refractivity contribution in [3.8, 4) is 23.7 Å². The molecule has 6 rings (SSSR count). The number of carboxylic acid groups (broad SMARTS) is 4. The zero-order valence-corrected chi connectivity index (χ0v) is 76.2. The molecule has 0 radical (unpaired) electrons. The summed E-state index contributed by atoms with van der Waals surface area (Å²) in [5.41, 5.74) is 16.5. The number of Topliss-reactive ketones (excluding diaryl/α,β-unsaturated/α-hetero) is 4. The second-order valence-corrected chi connectivity index (χ2v) is 41.7. The van der Waals surface area contributed by atoms with E-state index in [1.165, 1.54) is 64.7 Å². The van der Waals surface area contributed by atoms with Gasteiger partial charge in [0.05, 0.1) is 74.7 Å². The second-order valence-electron chi connectivity index (χ2n) is 27.6. The number of nitrogens with one attached hydrogen (secondary N) is 4. The number of ether oxygens (including phenoxy) is 2. The van der Waals surface area contributed by atoms with Crippen molar-refractivity contribution in [2.75, 3.05) is 54.8 Å². The van der Waals surface area contributed by atoms with Gasteiger partial charge in [0, 0.05) is 118 Å². The minimum atomic E-state index is -5.78. The van der Waals surface area contributed by atoms with Gasteiger partial charge in [-0.15, -0.1) is 0 Å². The van der Waals surface area contributed by atoms with Crippen LogP contribution in [0.4, 0.5) is 16.3 Å². The van der Waals surface area contributed by atoms with Crippen LogP contribution in [0.5, 0.6) is 0 Å². The zero-order valence-electron chi connectivity index (χ0n) is 68.5. The largest absolute Gasteiger partial charge is 0.490 e. The van der Waals surface area contributed by atoms with Gasteiger partial charge in [0.1, 0.15) is 59.9 Å². The third kappa shape index (κ3) is 42.7. The number of fused-ring (bicyclic) bond motifs is 2. The lowest BCUT2D eigenvalue weighted by Gasteiger charge is -2.19. The van der Waals surface area contributed by atoms with Gasteiger partial charge in [0.2, 0.25) is 23.7 Å². The lowest BCUT2D eigenvalue weighted by atomic mass is 10.0. The number of hydrogen-bond acceptors (Lipinski definition) is 37. The molecule has 2 fully saturated rings. The monoisotopic (exact) mass is 2020 g/mol. The van der Waals surface area contributed by atoms with Crippen LogP contribution in [-0.4, -0.2) is 244 Å². The number of carbonyl (C=O) groups excluding carboxylic acids is 6. The summed E-state index contributed by atoms with van der Waals surface area (Å²) >= 11 is 0. The average Bonchev–Trinajstić information content (AvgIpc) is 1.61. The van der Waals surface area contributed by atoms with Crippen LogP contribution in [0.15, 0.2) is 22.0 Å². The molecule has 0 aliphatic carbocycles. The molecule has 2 saturated heterocycles. The Balaban J connectivity index is 0.000000524. The number of nitrogens with zero attached hydrogens (tertiary/aromatic N) is 4. The number of halogens is 1. The van der Waals surface area contributed by atoms with Crippen molar-refractivity contribution in [3.63, 3.8) is 0 Å². The summed E-state index contributed by atoms with van der Waals surface area (Å²) in [5.74, 6) is 5.52. The summed E-state index contributed by atoms with van der Waals surface area (Å²) in [4.78, 5) is 229. The van der Waals surface area contributed by atoms with Crippen LogP contribution >= 0.6 is 90.1 Å². The van der Waals surface area contributed by atoms with Crippen LogP contribution in [0.3, 0.4) is 0 Å². The predicted octanol–water partition coefficient (Wildman–Crippen LogP) is 4.00. The third-order valence-corrected chi connectivity index (χ3v) is 30.0. The molecule has 0 bridgehead atoms. The molecule has 2 aliphatic heterocycles. The molecule has 2 aliphatic rings. The van der Waals surface area contributed by atoms with Crippen molar-refractivity contribution in [3.05, 3.63) is 44.2 Å². The van der Waals surface area contributed by atoms with E-state index in [2.05, 4.69) is 80.5 Å². The molecule has 51 nitrogen and oxygen atoms in total. The van der Waals surface area contributed by atoms with Gasteiger partial charge in [-0.2, -0.15) is 27.2 Å². The molecule has 62 heteroatoms. The topological polar surface area (TPSA) is 834 Å². The number of carboxylic acids is 4. The number of unbranched alkanes of at least 4 members (excludes halogenated alkanes) is 6. The number of phosphoric ester groups is 2. The number of phosphoric acid groups is 6. The number of alkyl halides is 1. The molecule has 4 aromatic rings. The van der Waals surface area contributed by atoms with Crippen LogP contribution in [0.25, 0.3) is 22.1 Å². The number of amides is 2. The number of H-pyrrole nitrogens is 2. The number of hydrogen-bond donors (Lipinski definition) is 21. The van der Waals surface area contributed by atoms with Crippen LogP contribution < -0.4 is 39.0 Å². The van der Waals surface area contributed by atoms with Gasteiger partial charge in [-0.25, -0.2) is 37.0 Å². The minimum Gasteiger partial charge on any atom is -0.481 e. The van der Waals surface area contributed by atoms with E-state index in [0.717, 1.165) is 0 Å². The van der Waals surface area contributed by atoms with E-state index in [9.17, 15) is 119 Å². The summed E-state index contributed by atoms with van der Waals surface area (Å²) in [6, 6.07) is -3.71. The molecule has 0 spiro atoms. The smallest absolute Gasteiger partial charge is 0.481 e. The number of aliphatic carboxylic acids is 4. The SMILES string of the molecule is CC(CSSCCC(=O)CCC#Cc1cn(C2CC(O)C(COP(=O)(O)OP(=O)(O)OP(=O)(O)O)O2)c2nc(N)[nH]c(=O)c12)C(=O)CCCCCCC(=O)NC(CC(=O)O)C(=O)O.Nc1nc2c(c(C#CCCC(=O)CCSSCC(N)C(=O)CCCCCCC(=O)NC(CC(=O)O)C(=O)O)cn2C2CC(O)C(COP(=O)(O)OP(=O)(O)OP(=O)(O)O)O2)c(=O)[nH]1.[2H]CF. The molecule has 6 heterocycles. The van der Waals surface area contributed by atoms with Crippen molar-refractivity contribution in [1.82, 2.24) is 39.7 Å². The van der Waals surface area contributed by atoms with Crippen LogP contribution in [0, 0.1) is 29.6 Å². The molecule has 0 aromatic carbocycles. The lowest BCUT2D eigenvalue weighted by Crippen LogP contribution is -2.42. The van der Waals surface area contributed by atoms with Crippen molar-refractivity contribution in [1.29, 1.82) is 0 Å². The van der Waals surface area contributed by atoms with Crippen molar-refractivity contribution >= 4 is 183 Å². The van der Waals surface area contributed by atoms with Crippen LogP contribution in [-0.2, 0) is 111 Å². The van der Waals surface area contributed by atoms with Crippen molar-refractivity contribution in [2.45, 2.75) is 203 Å². The Hall–Kier alpha value is -6.99. The Bertz CT molecular complexity index is 4830. The van der Waals surface area contributed by atoms with E-state index in [4.69, 9.17) is 68.0 Å². The first-order valence-corrected chi connectivity index (χ1v) is 51.8. The highest BCUT2D eigenvalue weighted by molar-refractivity contribution is 8.77. The van der Waals surface area contributed by atoms with Crippen LogP contribution in [0.1, 0.15) is 173 Å². The first-order chi connectivity index (χ1) is 60.1. The number of nitrogen functional groups attached to an aromatic ring is 2. The second kappa shape index (κ2) is 54.2. The summed E-state index contributed by atoms with van der Waals surface area (Å²) in [5, 5.41) is 61.0. The van der Waals surface area contributed by atoms with Gasteiger partial charge in [-0.05, 0) is 25.7 Å². The van der Waals surface area contributed by atoms with E-state index in [1.54, 1.807) is 0 Å². The number of aliphatic hydroxyl groups is 2. The zero-order chi connectivity index (χ0) is 97.0. The van der Waals surface area contributed by atoms with Gasteiger partial charge in [-0.1, -0.05) is 99.5 Å². The predicted molar refractivity (Wildman–Crippen MR) is 453 cm³/mol. The standard InChI is InChI=1S/C33H48N5O20P3S2.C32H47N6O20P3S2.CH3F/c1-19(23(40)10-4-2-3-5-11-26(42)35-22(32(46)47)14-28(43)44)18-63-62-13-12-21(39)9-7-6-8-20-16-38(30-29(20)31(45)37-33(34)36-30)27-15-24(41)25(56-27)17-55-60(51,52)58-61(53,54)57-59(48,49)50;33-20(22(40)9-3-1-2-4-10-25(42)35-21(31(46)47)13-27(43)44)17-63-62-12-11-19(39)8-6-5-7-18-15-38(29-28(18)30(45)37-32(34)36-29)26-14-23(41)24(56-26)16-55-60(51,52)58-61(53,54)57-59(48,49)50;1-2/h16,19,22,24-25,27,41H,2-5,7,9-15,17-18H2,1H3,(H,35,42)(H,43,44)(H,46,47)(H,51,52)(H,53,54)(H2,48,49,50)(H3,34,36,37,45);15,20-21,23-24,26,41H,1-4,6,8-14,16-17,33H2,(H,35,42)(H,43,44)(H,46,47)(H,51,52)(H,53,54)(H2,48,49,50)(H3,34,36,37,45);1H3/i;;1D. The molecule has 24 N–H and O–H groups in total. The molecular weight excluding hydrogens is 1920 g/mol. The maximum Gasteiger partial charge on any atom is 0.490 e. The molecule has 718 valence electrons. The lowest BCUT2D eigenvalue weighted by molar-refractivity contribution is -0.147. The fraction of sp³-hybridized carbons (Fsp3) is 0.606. The van der Waals surface area contributed by atoms with E-state index in [1.807, 2.05) is 6.92 Å². The highest BCUT2D eigenvalue weighted by Crippen LogP contribution is 2.67. The molecule has 2 amide bonds. The van der Waals surface area contributed by atoms with Gasteiger partial charge in [-0.3, -0.25) is 71.4 Å². The molecule has 0 saturated carbocycles. The minimum absolute atomic E-state index is 0.000758. The molecule has 128 heavy (non-hydrogen) atoms. The number of aliphatic hydroxyl groups excluding tert-OH is 2. The summed E-state index contributed by atoms with van der Waals surface area (Å²) in [7, 11) is -29.2. The number of nitrogens with two attached hydrogens (primary N) is 3. The van der Waals surface area contributed by atoms with Crippen molar-refractivity contribution < 1.29 is 187 Å². The number of aromatic nitrogens is 6. The normalized spacial score (nSPS) is 19.1. The Labute approximate surface area is 743 Å². The van der Waals surface area contributed by atoms with Crippen LogP contribution in [0.2, 0.25) is 0 Å². The molecule has 14 atom stereocenters. The third-order valence-electron chi connectivity index (χ3n) is 17.4. The maximum atomic E-state index is 12.9. The van der Waals surface area contributed by atoms with Crippen molar-refractivity contribution in [2.24, 2.45) is 11.7 Å². The van der Waals surface area contributed by atoms with Gasteiger partial charge >= 0.3 is 70.8 Å². The summed E-state index contributed by atoms with van der Waals surface area (Å²) in [6.07, 6.45) is -0.557. The Morgan fingerprint density at radius 1 is 0.555 bits per heavy atom. The fourth-order valence-electron chi connectivity index (χ4n) is 11.4. The summed E-state index contributed by atoms with van der Waals surface area (Å²) < 4.78 is 123. The van der Waals surface area contributed by atoms with Gasteiger partial charge < -0.3 is 116 Å². The van der Waals surface area contributed by atoms with E-state index in [0.29, 0.717) is 80.8 Å².